The lowest BCUT2D eigenvalue weighted by molar-refractivity contribution is 0.0896. The Bertz CT molecular complexity index is 612. The van der Waals surface area contributed by atoms with E-state index in [0.29, 0.717) is 5.78 Å². The van der Waals surface area contributed by atoms with Gasteiger partial charge in [-0.3, -0.25) is 4.79 Å². The molecular formula is C17H19NO. The van der Waals surface area contributed by atoms with Gasteiger partial charge in [0.05, 0.1) is 0 Å². The highest BCUT2D eigenvalue weighted by Gasteiger charge is 2.24. The summed E-state index contributed by atoms with van der Waals surface area (Å²) < 4.78 is 0. The van der Waals surface area contributed by atoms with Crippen molar-refractivity contribution in [1.29, 1.82) is 0 Å². The molecule has 1 heterocycles. The molecule has 0 amide bonds. The molecule has 1 fully saturated rings. The number of fused-ring (bicyclic) bond motifs is 1. The van der Waals surface area contributed by atoms with Crippen molar-refractivity contribution in [2.45, 2.75) is 19.8 Å². The van der Waals surface area contributed by atoms with Crippen LogP contribution in [0.15, 0.2) is 36.4 Å². The zero-order chi connectivity index (χ0) is 13.2. The van der Waals surface area contributed by atoms with E-state index in [2.05, 4.69) is 29.6 Å². The SMILES string of the molecule is Cc1ccc2ccccc2c1C(=O)C1CCNCC1. The number of benzene rings is 2. The number of hydrogen-bond donors (Lipinski definition) is 1. The number of nitrogens with one attached hydrogen (secondary N) is 1. The fraction of sp³-hybridized carbons (Fsp3) is 0.353. The van der Waals surface area contributed by atoms with Crippen LogP contribution in [0.1, 0.15) is 28.8 Å². The molecule has 2 heteroatoms. The molecule has 2 aromatic carbocycles. The van der Waals surface area contributed by atoms with Crippen molar-refractivity contribution in [3.63, 3.8) is 0 Å². The number of Topliss-reactive ketones (excluding diaryl/α,β-unsaturated/α-hetero) is 1. The first-order valence-electron chi connectivity index (χ1n) is 7.00. The number of piperidine rings is 1. The van der Waals surface area contributed by atoms with E-state index in [1.165, 1.54) is 0 Å². The maximum Gasteiger partial charge on any atom is 0.166 e. The molecule has 0 saturated carbocycles. The summed E-state index contributed by atoms with van der Waals surface area (Å²) in [5.41, 5.74) is 2.03. The Kier molecular flexibility index (Phi) is 3.34. The zero-order valence-corrected chi connectivity index (χ0v) is 11.3. The van der Waals surface area contributed by atoms with Crippen molar-refractivity contribution in [3.8, 4) is 0 Å². The molecule has 0 aromatic heterocycles. The second-order valence-corrected chi connectivity index (χ2v) is 5.37. The normalized spacial score (nSPS) is 16.7. The predicted molar refractivity (Wildman–Crippen MR) is 78.6 cm³/mol. The molecule has 1 aliphatic rings. The van der Waals surface area contributed by atoms with E-state index in [0.717, 1.165) is 47.8 Å². The van der Waals surface area contributed by atoms with Crippen LogP contribution in [0.25, 0.3) is 10.8 Å². The Morgan fingerprint density at radius 1 is 1.11 bits per heavy atom. The summed E-state index contributed by atoms with van der Waals surface area (Å²) in [4.78, 5) is 12.8. The smallest absolute Gasteiger partial charge is 0.166 e. The van der Waals surface area contributed by atoms with Crippen molar-refractivity contribution in [3.05, 3.63) is 47.5 Å². The number of rotatable bonds is 2. The molecule has 3 rings (SSSR count). The molecule has 0 unspecified atom stereocenters. The van der Waals surface area contributed by atoms with E-state index in [9.17, 15) is 4.79 Å². The molecule has 0 spiro atoms. The Labute approximate surface area is 113 Å². The summed E-state index contributed by atoms with van der Waals surface area (Å²) >= 11 is 0. The van der Waals surface area contributed by atoms with Gasteiger partial charge in [0.15, 0.2) is 5.78 Å². The quantitative estimate of drug-likeness (QED) is 0.832. The maximum atomic E-state index is 12.8. The maximum absolute atomic E-state index is 12.8. The van der Waals surface area contributed by atoms with Gasteiger partial charge in [-0.25, -0.2) is 0 Å². The molecule has 98 valence electrons. The Morgan fingerprint density at radius 3 is 2.63 bits per heavy atom. The van der Waals surface area contributed by atoms with Gasteiger partial charge in [-0.05, 0) is 49.2 Å². The minimum Gasteiger partial charge on any atom is -0.317 e. The van der Waals surface area contributed by atoms with Crippen LogP contribution in [-0.2, 0) is 0 Å². The highest BCUT2D eigenvalue weighted by Crippen LogP contribution is 2.27. The molecule has 0 aliphatic carbocycles. The summed E-state index contributed by atoms with van der Waals surface area (Å²) in [5.74, 6) is 0.515. The van der Waals surface area contributed by atoms with Gasteiger partial charge in [0.2, 0.25) is 0 Å². The molecule has 0 atom stereocenters. The summed E-state index contributed by atoms with van der Waals surface area (Å²) in [6.45, 7) is 3.96. The molecule has 2 nitrogen and oxygen atoms in total. The van der Waals surface area contributed by atoms with Crippen LogP contribution in [-0.4, -0.2) is 18.9 Å². The van der Waals surface area contributed by atoms with Crippen LogP contribution in [0.3, 0.4) is 0 Å². The van der Waals surface area contributed by atoms with Crippen molar-refractivity contribution in [2.24, 2.45) is 5.92 Å². The van der Waals surface area contributed by atoms with E-state index in [4.69, 9.17) is 0 Å². The number of hydrogen-bond acceptors (Lipinski definition) is 2. The third kappa shape index (κ3) is 2.28. The van der Waals surface area contributed by atoms with Gasteiger partial charge in [-0.15, -0.1) is 0 Å². The van der Waals surface area contributed by atoms with Crippen LogP contribution >= 0.6 is 0 Å². The Morgan fingerprint density at radius 2 is 1.84 bits per heavy atom. The van der Waals surface area contributed by atoms with Gasteiger partial charge < -0.3 is 5.32 Å². The lowest BCUT2D eigenvalue weighted by atomic mass is 9.85. The second kappa shape index (κ2) is 5.14. The fourth-order valence-corrected chi connectivity index (χ4v) is 3.00. The molecule has 1 saturated heterocycles. The molecule has 0 bridgehead atoms. The first kappa shape index (κ1) is 12.4. The summed E-state index contributed by atoms with van der Waals surface area (Å²) in [6, 6.07) is 12.3. The van der Waals surface area contributed by atoms with Crippen LogP contribution in [0.4, 0.5) is 0 Å². The molecule has 19 heavy (non-hydrogen) atoms. The minimum atomic E-state index is 0.186. The zero-order valence-electron chi connectivity index (χ0n) is 11.3. The number of carbonyl (C=O) groups is 1. The van der Waals surface area contributed by atoms with Gasteiger partial charge in [0, 0.05) is 11.5 Å². The van der Waals surface area contributed by atoms with E-state index < -0.39 is 0 Å². The first-order valence-corrected chi connectivity index (χ1v) is 7.00. The molecule has 0 radical (unpaired) electrons. The number of ketones is 1. The lowest BCUT2D eigenvalue weighted by Gasteiger charge is -2.22. The third-order valence-corrected chi connectivity index (χ3v) is 4.09. The summed E-state index contributed by atoms with van der Waals surface area (Å²) in [6.07, 6.45) is 1.92. The summed E-state index contributed by atoms with van der Waals surface area (Å²) in [7, 11) is 0. The molecular weight excluding hydrogens is 234 g/mol. The van der Waals surface area contributed by atoms with Crippen molar-refractivity contribution in [1.82, 2.24) is 5.32 Å². The lowest BCUT2D eigenvalue weighted by Crippen LogP contribution is -2.32. The Hall–Kier alpha value is -1.67. The largest absolute Gasteiger partial charge is 0.317 e. The van der Waals surface area contributed by atoms with E-state index in [-0.39, 0.29) is 5.92 Å². The van der Waals surface area contributed by atoms with Gasteiger partial charge in [-0.2, -0.15) is 0 Å². The first-order chi connectivity index (χ1) is 9.27. The number of aryl methyl sites for hydroxylation is 1. The fourth-order valence-electron chi connectivity index (χ4n) is 3.00. The average molecular weight is 253 g/mol. The predicted octanol–water partition coefficient (Wildman–Crippen LogP) is 3.33. The monoisotopic (exact) mass is 253 g/mol. The van der Waals surface area contributed by atoms with E-state index in [1.54, 1.807) is 0 Å². The van der Waals surface area contributed by atoms with Gasteiger partial charge in [-0.1, -0.05) is 36.4 Å². The van der Waals surface area contributed by atoms with Crippen molar-refractivity contribution in [2.75, 3.05) is 13.1 Å². The van der Waals surface area contributed by atoms with E-state index in [1.807, 2.05) is 19.1 Å². The summed E-state index contributed by atoms with van der Waals surface area (Å²) in [5, 5.41) is 5.58. The molecule has 1 aliphatic heterocycles. The van der Waals surface area contributed by atoms with Crippen LogP contribution in [0.2, 0.25) is 0 Å². The highest BCUT2D eigenvalue weighted by molar-refractivity contribution is 6.10. The second-order valence-electron chi connectivity index (χ2n) is 5.37. The van der Waals surface area contributed by atoms with E-state index >= 15 is 0 Å². The van der Waals surface area contributed by atoms with Crippen LogP contribution in [0, 0.1) is 12.8 Å². The standard InChI is InChI=1S/C17H19NO/c1-12-6-7-13-4-2-3-5-15(13)16(12)17(19)14-8-10-18-11-9-14/h2-7,14,18H,8-11H2,1H3. The minimum absolute atomic E-state index is 0.186. The van der Waals surface area contributed by atoms with Crippen molar-refractivity contribution >= 4 is 16.6 Å². The topological polar surface area (TPSA) is 29.1 Å². The third-order valence-electron chi connectivity index (χ3n) is 4.09. The van der Waals surface area contributed by atoms with Gasteiger partial charge in [0.1, 0.15) is 0 Å². The van der Waals surface area contributed by atoms with Gasteiger partial charge >= 0.3 is 0 Å². The molecule has 1 N–H and O–H groups in total. The number of carbonyl (C=O) groups excluding carboxylic acids is 1. The molecule has 2 aromatic rings. The van der Waals surface area contributed by atoms with Crippen molar-refractivity contribution < 1.29 is 4.79 Å². The van der Waals surface area contributed by atoms with Crippen LogP contribution in [0.5, 0.6) is 0 Å². The Balaban J connectivity index is 2.08. The van der Waals surface area contributed by atoms with Crippen LogP contribution < -0.4 is 5.32 Å². The van der Waals surface area contributed by atoms with Gasteiger partial charge in [0.25, 0.3) is 0 Å². The average Bonchev–Trinajstić information content (AvgIpc) is 2.47. The highest BCUT2D eigenvalue weighted by atomic mass is 16.1.